The Morgan fingerprint density at radius 1 is 0.667 bits per heavy atom. The van der Waals surface area contributed by atoms with E-state index in [1.807, 2.05) is 0 Å². The molecule has 0 aliphatic carbocycles. The van der Waals surface area contributed by atoms with Crippen LogP contribution in [0.3, 0.4) is 0 Å². The summed E-state index contributed by atoms with van der Waals surface area (Å²) in [6.45, 7) is 2.78. The SMILES string of the molecule is C[N+]1(C)CCCCCCCC1.[OH-]. The minimum atomic E-state index is 0. The number of rotatable bonds is 0. The molecule has 0 bridgehead atoms. The zero-order valence-corrected chi connectivity index (χ0v) is 8.55. The third-order valence-corrected chi connectivity index (χ3v) is 2.78. The van der Waals surface area contributed by atoms with Gasteiger partial charge in [0.15, 0.2) is 0 Å². The summed E-state index contributed by atoms with van der Waals surface area (Å²) in [5, 5.41) is 0. The third kappa shape index (κ3) is 4.73. The zero-order valence-electron chi connectivity index (χ0n) is 8.55. The Bertz CT molecular complexity index is 100. The topological polar surface area (TPSA) is 30.0 Å². The van der Waals surface area contributed by atoms with E-state index in [2.05, 4.69) is 14.1 Å². The maximum absolute atomic E-state index is 2.37. The van der Waals surface area contributed by atoms with Gasteiger partial charge in [-0.3, -0.25) is 0 Å². The summed E-state index contributed by atoms with van der Waals surface area (Å²) in [5.41, 5.74) is 0. The Morgan fingerprint density at radius 3 is 1.42 bits per heavy atom. The van der Waals surface area contributed by atoms with E-state index in [1.165, 1.54) is 56.1 Å². The third-order valence-electron chi connectivity index (χ3n) is 2.78. The summed E-state index contributed by atoms with van der Waals surface area (Å²) in [4.78, 5) is 0. The molecule has 0 radical (unpaired) electrons. The van der Waals surface area contributed by atoms with Crippen LogP contribution in [0.15, 0.2) is 0 Å². The van der Waals surface area contributed by atoms with E-state index < -0.39 is 0 Å². The highest BCUT2D eigenvalue weighted by Crippen LogP contribution is 2.13. The van der Waals surface area contributed by atoms with Crippen LogP contribution in [0.5, 0.6) is 0 Å². The van der Waals surface area contributed by atoms with Gasteiger partial charge in [-0.1, -0.05) is 12.8 Å². The molecule has 1 N–H and O–H groups in total. The monoisotopic (exact) mass is 173 g/mol. The minimum absolute atomic E-state index is 0. The molecule has 2 nitrogen and oxygen atoms in total. The molecule has 1 saturated heterocycles. The molecule has 74 valence electrons. The fourth-order valence-electron chi connectivity index (χ4n) is 1.90. The molecule has 0 saturated carbocycles. The lowest BCUT2D eigenvalue weighted by Crippen LogP contribution is -2.40. The lowest BCUT2D eigenvalue weighted by Gasteiger charge is -2.29. The van der Waals surface area contributed by atoms with Crippen molar-refractivity contribution in [2.24, 2.45) is 0 Å². The molecule has 0 aromatic heterocycles. The molecule has 1 aliphatic heterocycles. The largest absolute Gasteiger partial charge is 0.870 e. The molecular weight excluding hydrogens is 150 g/mol. The molecule has 1 rings (SSSR count). The summed E-state index contributed by atoms with van der Waals surface area (Å²) in [6.07, 6.45) is 8.74. The van der Waals surface area contributed by atoms with Gasteiger partial charge in [0.05, 0.1) is 27.2 Å². The molecule has 0 unspecified atom stereocenters. The fourth-order valence-corrected chi connectivity index (χ4v) is 1.90. The van der Waals surface area contributed by atoms with Crippen LogP contribution in [0.2, 0.25) is 0 Å². The standard InChI is InChI=1S/C10H22N.H2O/c1-11(2)9-7-5-3-4-6-8-10-11;/h3-10H2,1-2H3;1H2/q+1;/p-1. The van der Waals surface area contributed by atoms with Gasteiger partial charge in [0, 0.05) is 0 Å². The predicted octanol–water partition coefficient (Wildman–Crippen LogP) is 2.24. The van der Waals surface area contributed by atoms with Gasteiger partial charge in [-0.25, -0.2) is 0 Å². The highest BCUT2D eigenvalue weighted by molar-refractivity contribution is 4.49. The Hall–Kier alpha value is -0.0800. The Labute approximate surface area is 76.5 Å². The van der Waals surface area contributed by atoms with E-state index in [9.17, 15) is 0 Å². The average molecular weight is 173 g/mol. The lowest BCUT2D eigenvalue weighted by atomic mass is 10.1. The Kier molecular flexibility index (Phi) is 5.51. The molecule has 0 aromatic rings. The summed E-state index contributed by atoms with van der Waals surface area (Å²) in [6, 6.07) is 0. The van der Waals surface area contributed by atoms with Gasteiger partial charge in [-0.15, -0.1) is 0 Å². The second kappa shape index (κ2) is 5.55. The molecule has 1 aliphatic rings. The van der Waals surface area contributed by atoms with Gasteiger partial charge in [-0.05, 0) is 25.7 Å². The van der Waals surface area contributed by atoms with Crippen LogP contribution in [0, 0.1) is 0 Å². The van der Waals surface area contributed by atoms with E-state index in [4.69, 9.17) is 0 Å². The Balaban J connectivity index is 0.00000121. The highest BCUT2D eigenvalue weighted by Gasteiger charge is 2.14. The van der Waals surface area contributed by atoms with Crippen molar-refractivity contribution in [2.75, 3.05) is 27.2 Å². The van der Waals surface area contributed by atoms with E-state index in [1.54, 1.807) is 0 Å². The van der Waals surface area contributed by atoms with Crippen LogP contribution in [-0.4, -0.2) is 37.1 Å². The maximum atomic E-state index is 2.37. The quantitative estimate of drug-likeness (QED) is 0.517. The molecule has 0 atom stereocenters. The van der Waals surface area contributed by atoms with Crippen LogP contribution >= 0.6 is 0 Å². The second-order valence-corrected chi connectivity index (χ2v) is 4.50. The second-order valence-electron chi connectivity index (χ2n) is 4.50. The number of quaternary nitrogens is 1. The van der Waals surface area contributed by atoms with Crippen LogP contribution in [0.4, 0.5) is 0 Å². The molecule has 1 heterocycles. The van der Waals surface area contributed by atoms with E-state index in [0.717, 1.165) is 0 Å². The normalized spacial score (nSPS) is 24.5. The van der Waals surface area contributed by atoms with E-state index >= 15 is 0 Å². The summed E-state index contributed by atoms with van der Waals surface area (Å²) in [5.74, 6) is 0. The van der Waals surface area contributed by atoms with Gasteiger partial charge < -0.3 is 9.96 Å². The molecule has 2 heteroatoms. The van der Waals surface area contributed by atoms with Crippen molar-refractivity contribution in [3.8, 4) is 0 Å². The van der Waals surface area contributed by atoms with Crippen molar-refractivity contribution >= 4 is 0 Å². The van der Waals surface area contributed by atoms with Crippen molar-refractivity contribution in [3.63, 3.8) is 0 Å². The molecule has 12 heavy (non-hydrogen) atoms. The summed E-state index contributed by atoms with van der Waals surface area (Å²) >= 11 is 0. The van der Waals surface area contributed by atoms with Crippen molar-refractivity contribution in [3.05, 3.63) is 0 Å². The first-order valence-electron chi connectivity index (χ1n) is 5.03. The first-order chi connectivity index (χ1) is 5.21. The van der Waals surface area contributed by atoms with E-state index in [0.29, 0.717) is 0 Å². The Morgan fingerprint density at radius 2 is 1.00 bits per heavy atom. The van der Waals surface area contributed by atoms with Crippen LogP contribution in [0.25, 0.3) is 0 Å². The van der Waals surface area contributed by atoms with E-state index in [-0.39, 0.29) is 5.48 Å². The van der Waals surface area contributed by atoms with Gasteiger partial charge in [-0.2, -0.15) is 0 Å². The fraction of sp³-hybridized carbons (Fsp3) is 1.00. The maximum Gasteiger partial charge on any atom is 0.0782 e. The van der Waals surface area contributed by atoms with Gasteiger partial charge in [0.25, 0.3) is 0 Å². The van der Waals surface area contributed by atoms with Crippen molar-refractivity contribution in [2.45, 2.75) is 38.5 Å². The molecule has 0 spiro atoms. The van der Waals surface area contributed by atoms with Crippen molar-refractivity contribution in [1.82, 2.24) is 0 Å². The number of nitrogens with zero attached hydrogens (tertiary/aromatic N) is 1. The molecule has 1 fully saturated rings. The van der Waals surface area contributed by atoms with Gasteiger partial charge >= 0.3 is 0 Å². The first-order valence-corrected chi connectivity index (χ1v) is 5.03. The van der Waals surface area contributed by atoms with Crippen molar-refractivity contribution in [1.29, 1.82) is 0 Å². The summed E-state index contributed by atoms with van der Waals surface area (Å²) in [7, 11) is 4.73. The van der Waals surface area contributed by atoms with Crippen molar-refractivity contribution < 1.29 is 9.96 Å². The van der Waals surface area contributed by atoms with Crippen LogP contribution < -0.4 is 0 Å². The summed E-state index contributed by atoms with van der Waals surface area (Å²) < 4.78 is 1.25. The van der Waals surface area contributed by atoms with Gasteiger partial charge in [0.1, 0.15) is 0 Å². The lowest BCUT2D eigenvalue weighted by molar-refractivity contribution is -0.890. The molecule has 0 amide bonds. The number of hydrogen-bond donors (Lipinski definition) is 0. The predicted molar refractivity (Wildman–Crippen MR) is 51.5 cm³/mol. The smallest absolute Gasteiger partial charge is 0.0782 e. The number of hydrogen-bond acceptors (Lipinski definition) is 1. The molecule has 0 aromatic carbocycles. The molecular formula is C10H23NO. The average Bonchev–Trinajstić information content (AvgIpc) is 2.00. The zero-order chi connectivity index (χ0) is 8.16. The highest BCUT2D eigenvalue weighted by atomic mass is 16.0. The van der Waals surface area contributed by atoms with Crippen LogP contribution in [0.1, 0.15) is 38.5 Å². The van der Waals surface area contributed by atoms with Crippen LogP contribution in [-0.2, 0) is 0 Å². The minimum Gasteiger partial charge on any atom is -0.870 e. The first kappa shape index (κ1) is 11.9. The van der Waals surface area contributed by atoms with Gasteiger partial charge in [0.2, 0.25) is 0 Å².